The number of piperazine rings is 1. The minimum absolute atomic E-state index is 0.0510. The Bertz CT molecular complexity index is 574. The van der Waals surface area contributed by atoms with Crippen LogP contribution in [0.1, 0.15) is 27.7 Å². The van der Waals surface area contributed by atoms with Crippen LogP contribution >= 0.6 is 15.9 Å². The normalized spacial score (nSPS) is 18.8. The summed E-state index contributed by atoms with van der Waals surface area (Å²) in [6.07, 6.45) is -0.258. The maximum Gasteiger partial charge on any atom is 0.410 e. The molecule has 1 atom stereocenters. The molecule has 23 heavy (non-hydrogen) atoms. The Hall–Kier alpha value is -1.50. The van der Waals surface area contributed by atoms with E-state index in [2.05, 4.69) is 25.8 Å². The lowest BCUT2D eigenvalue weighted by Crippen LogP contribution is -2.55. The molecule has 128 valence electrons. The van der Waals surface area contributed by atoms with Gasteiger partial charge in [0, 0.05) is 25.7 Å². The number of halogens is 1. The molecule has 1 saturated heterocycles. The number of nitrogens with zero attached hydrogens (tertiary/aromatic N) is 3. The van der Waals surface area contributed by atoms with Crippen LogP contribution in [-0.2, 0) is 4.74 Å². The van der Waals surface area contributed by atoms with Crippen molar-refractivity contribution in [3.63, 3.8) is 0 Å². The van der Waals surface area contributed by atoms with E-state index in [4.69, 9.17) is 9.47 Å². The van der Waals surface area contributed by atoms with Crippen LogP contribution in [0.3, 0.4) is 0 Å². The Balaban J connectivity index is 2.05. The van der Waals surface area contributed by atoms with Gasteiger partial charge in [-0.3, -0.25) is 0 Å². The summed E-state index contributed by atoms with van der Waals surface area (Å²) in [5, 5.41) is 0. The van der Waals surface area contributed by atoms with E-state index in [0.717, 1.165) is 10.3 Å². The van der Waals surface area contributed by atoms with E-state index in [1.807, 2.05) is 39.8 Å². The number of rotatable bonds is 2. The zero-order valence-corrected chi connectivity index (χ0v) is 15.9. The van der Waals surface area contributed by atoms with Gasteiger partial charge in [-0.05, 0) is 55.8 Å². The first-order chi connectivity index (χ1) is 10.7. The number of carbonyl (C=O) groups is 1. The summed E-state index contributed by atoms with van der Waals surface area (Å²) < 4.78 is 11.5. The number of aromatic nitrogens is 1. The molecule has 7 heteroatoms. The van der Waals surface area contributed by atoms with Crippen molar-refractivity contribution in [2.24, 2.45) is 0 Å². The number of hydrogen-bond donors (Lipinski definition) is 0. The Morgan fingerprint density at radius 2 is 2.04 bits per heavy atom. The minimum Gasteiger partial charge on any atom is -0.480 e. The molecule has 0 radical (unpaired) electrons. The summed E-state index contributed by atoms with van der Waals surface area (Å²) >= 11 is 3.41. The van der Waals surface area contributed by atoms with E-state index in [-0.39, 0.29) is 12.1 Å². The maximum absolute atomic E-state index is 12.3. The SMILES string of the molecule is COc1nc(N2CCN(C(=O)OC(C)(C)C)C(C)C2)ccc1Br. The molecule has 0 aromatic carbocycles. The quantitative estimate of drug-likeness (QED) is 0.781. The van der Waals surface area contributed by atoms with Crippen molar-refractivity contribution in [1.82, 2.24) is 9.88 Å². The molecule has 2 rings (SSSR count). The summed E-state index contributed by atoms with van der Waals surface area (Å²) in [6.45, 7) is 9.68. The molecule has 1 aliphatic heterocycles. The zero-order valence-electron chi connectivity index (χ0n) is 14.3. The Kier molecular flexibility index (Phi) is 5.39. The number of methoxy groups -OCH3 is 1. The van der Waals surface area contributed by atoms with Gasteiger partial charge >= 0.3 is 6.09 Å². The zero-order chi connectivity index (χ0) is 17.2. The average Bonchev–Trinajstić information content (AvgIpc) is 2.45. The highest BCUT2D eigenvalue weighted by Crippen LogP contribution is 2.27. The van der Waals surface area contributed by atoms with Crippen LogP contribution in [0, 0.1) is 0 Å². The second kappa shape index (κ2) is 6.95. The van der Waals surface area contributed by atoms with Gasteiger partial charge in [0.15, 0.2) is 0 Å². The third-order valence-corrected chi connectivity index (χ3v) is 4.18. The Morgan fingerprint density at radius 3 is 2.61 bits per heavy atom. The lowest BCUT2D eigenvalue weighted by Gasteiger charge is -2.40. The number of ether oxygens (including phenoxy) is 2. The molecular formula is C16H24BrN3O3. The van der Waals surface area contributed by atoms with Crippen LogP contribution in [0.4, 0.5) is 10.6 Å². The van der Waals surface area contributed by atoms with Crippen molar-refractivity contribution in [2.45, 2.75) is 39.3 Å². The molecular weight excluding hydrogens is 362 g/mol. The fourth-order valence-corrected chi connectivity index (χ4v) is 2.87. The standard InChI is InChI=1S/C16H24BrN3O3/c1-11-10-19(13-7-6-12(17)14(18-13)22-5)8-9-20(11)15(21)23-16(2,3)4/h6-7,11H,8-10H2,1-5H3. The van der Waals surface area contributed by atoms with Gasteiger partial charge in [0.2, 0.25) is 5.88 Å². The fraction of sp³-hybridized carbons (Fsp3) is 0.625. The Labute approximate surface area is 145 Å². The molecule has 1 aromatic rings. The van der Waals surface area contributed by atoms with Crippen molar-refractivity contribution < 1.29 is 14.3 Å². The number of anilines is 1. The maximum atomic E-state index is 12.3. The predicted molar refractivity (Wildman–Crippen MR) is 93.1 cm³/mol. The van der Waals surface area contributed by atoms with Crippen LogP contribution in [0.2, 0.25) is 0 Å². The van der Waals surface area contributed by atoms with E-state index in [0.29, 0.717) is 25.5 Å². The van der Waals surface area contributed by atoms with Gasteiger partial charge in [0.1, 0.15) is 11.4 Å². The second-order valence-corrected chi connectivity index (χ2v) is 7.48. The number of amides is 1. The summed E-state index contributed by atoms with van der Waals surface area (Å²) in [5.74, 6) is 1.41. The molecule has 0 spiro atoms. The minimum atomic E-state index is -0.478. The third-order valence-electron chi connectivity index (χ3n) is 3.57. The number of hydrogen-bond acceptors (Lipinski definition) is 5. The van der Waals surface area contributed by atoms with Gasteiger partial charge in [0.05, 0.1) is 11.6 Å². The Morgan fingerprint density at radius 1 is 1.35 bits per heavy atom. The van der Waals surface area contributed by atoms with Gasteiger partial charge in [-0.1, -0.05) is 0 Å². The van der Waals surface area contributed by atoms with Crippen molar-refractivity contribution in [3.05, 3.63) is 16.6 Å². The number of pyridine rings is 1. The van der Waals surface area contributed by atoms with Gasteiger partial charge in [0.25, 0.3) is 0 Å². The van der Waals surface area contributed by atoms with Crippen LogP contribution in [0.15, 0.2) is 16.6 Å². The topological polar surface area (TPSA) is 54.9 Å². The molecule has 0 aliphatic carbocycles. The van der Waals surface area contributed by atoms with E-state index in [1.165, 1.54) is 0 Å². The second-order valence-electron chi connectivity index (χ2n) is 6.63. The van der Waals surface area contributed by atoms with Crippen molar-refractivity contribution in [2.75, 3.05) is 31.6 Å². The van der Waals surface area contributed by atoms with E-state index < -0.39 is 5.60 Å². The van der Waals surface area contributed by atoms with Crippen molar-refractivity contribution in [3.8, 4) is 5.88 Å². The summed E-state index contributed by atoms with van der Waals surface area (Å²) in [4.78, 5) is 20.7. The molecule has 0 bridgehead atoms. The molecule has 0 saturated carbocycles. The van der Waals surface area contributed by atoms with Gasteiger partial charge in [-0.2, -0.15) is 4.98 Å². The largest absolute Gasteiger partial charge is 0.480 e. The predicted octanol–water partition coefficient (Wildman–Crippen LogP) is 3.30. The highest BCUT2D eigenvalue weighted by Gasteiger charge is 2.31. The molecule has 1 fully saturated rings. The first-order valence-electron chi connectivity index (χ1n) is 7.66. The molecule has 1 unspecified atom stereocenters. The summed E-state index contributed by atoms with van der Waals surface area (Å²) in [5.41, 5.74) is -0.478. The van der Waals surface area contributed by atoms with E-state index >= 15 is 0 Å². The fourth-order valence-electron chi connectivity index (χ4n) is 2.49. The lowest BCUT2D eigenvalue weighted by atomic mass is 10.2. The number of carbonyl (C=O) groups excluding carboxylic acids is 1. The van der Waals surface area contributed by atoms with Gasteiger partial charge in [-0.15, -0.1) is 0 Å². The highest BCUT2D eigenvalue weighted by atomic mass is 79.9. The van der Waals surface area contributed by atoms with Crippen LogP contribution in [0.5, 0.6) is 5.88 Å². The third kappa shape index (κ3) is 4.50. The van der Waals surface area contributed by atoms with Crippen LogP contribution < -0.4 is 9.64 Å². The first-order valence-corrected chi connectivity index (χ1v) is 8.45. The molecule has 0 N–H and O–H groups in total. The summed E-state index contributed by atoms with van der Waals surface area (Å²) in [7, 11) is 1.60. The van der Waals surface area contributed by atoms with E-state index in [9.17, 15) is 4.79 Å². The van der Waals surface area contributed by atoms with Gasteiger partial charge < -0.3 is 19.3 Å². The monoisotopic (exact) mass is 385 g/mol. The molecule has 1 aliphatic rings. The molecule has 1 aromatic heterocycles. The van der Waals surface area contributed by atoms with Crippen LogP contribution in [-0.4, -0.2) is 54.4 Å². The van der Waals surface area contributed by atoms with Crippen molar-refractivity contribution >= 4 is 27.8 Å². The van der Waals surface area contributed by atoms with Gasteiger partial charge in [-0.25, -0.2) is 4.79 Å². The summed E-state index contributed by atoms with van der Waals surface area (Å²) in [6, 6.07) is 3.92. The lowest BCUT2D eigenvalue weighted by molar-refractivity contribution is 0.0158. The van der Waals surface area contributed by atoms with Crippen molar-refractivity contribution in [1.29, 1.82) is 0 Å². The average molecular weight is 386 g/mol. The highest BCUT2D eigenvalue weighted by molar-refractivity contribution is 9.10. The molecule has 1 amide bonds. The molecule has 6 nitrogen and oxygen atoms in total. The molecule has 2 heterocycles. The smallest absolute Gasteiger partial charge is 0.410 e. The van der Waals surface area contributed by atoms with Crippen LogP contribution in [0.25, 0.3) is 0 Å². The first kappa shape index (κ1) is 17.8. The van der Waals surface area contributed by atoms with E-state index in [1.54, 1.807) is 12.0 Å².